The minimum atomic E-state index is -0.918. The molecule has 1 rings (SSSR count). The Hall–Kier alpha value is -0.710. The molecule has 0 radical (unpaired) electrons. The summed E-state index contributed by atoms with van der Waals surface area (Å²) in [6, 6.07) is 0. The summed E-state index contributed by atoms with van der Waals surface area (Å²) in [7, 11) is 0. The molecule has 2 unspecified atom stereocenters. The van der Waals surface area contributed by atoms with Gasteiger partial charge in [-0.3, -0.25) is 9.59 Å². The number of aliphatic carboxylic acids is 1. The molecule has 0 aromatic heterocycles. The Morgan fingerprint density at radius 2 is 1.83 bits per heavy atom. The van der Waals surface area contributed by atoms with E-state index in [0.717, 1.165) is 12.8 Å². The van der Waals surface area contributed by atoms with Gasteiger partial charge in [-0.2, -0.15) is 11.8 Å². The number of carboxylic acids is 1. The lowest BCUT2D eigenvalue weighted by atomic mass is 9.95. The van der Waals surface area contributed by atoms with Crippen molar-refractivity contribution in [3.63, 3.8) is 0 Å². The van der Waals surface area contributed by atoms with Gasteiger partial charge in [-0.15, -0.1) is 0 Å². The molecule has 0 spiro atoms. The van der Waals surface area contributed by atoms with Crippen LogP contribution in [0.1, 0.15) is 39.5 Å². The summed E-state index contributed by atoms with van der Waals surface area (Å²) in [4.78, 5) is 22.8. The van der Waals surface area contributed by atoms with Gasteiger partial charge >= 0.3 is 5.97 Å². The van der Waals surface area contributed by atoms with E-state index in [1.54, 1.807) is 13.8 Å². The molecule has 2 N–H and O–H groups in total. The fourth-order valence-corrected chi connectivity index (χ4v) is 3.24. The summed E-state index contributed by atoms with van der Waals surface area (Å²) in [5, 5.41) is 11.8. The summed E-state index contributed by atoms with van der Waals surface area (Å²) in [5.41, 5.74) is 0. The van der Waals surface area contributed by atoms with E-state index >= 15 is 0 Å². The quantitative estimate of drug-likeness (QED) is 0.778. The number of amides is 1. The Bertz CT molecular complexity index is 313. The first-order chi connectivity index (χ1) is 8.42. The molecule has 18 heavy (non-hydrogen) atoms. The van der Waals surface area contributed by atoms with Gasteiger partial charge in [-0.1, -0.05) is 26.7 Å². The van der Waals surface area contributed by atoms with Crippen LogP contribution in [-0.4, -0.2) is 34.5 Å². The highest BCUT2D eigenvalue weighted by molar-refractivity contribution is 8.00. The van der Waals surface area contributed by atoms with Crippen LogP contribution in [-0.2, 0) is 9.59 Å². The van der Waals surface area contributed by atoms with E-state index in [1.807, 2.05) is 11.8 Å². The monoisotopic (exact) mass is 273 g/mol. The predicted octanol–water partition coefficient (Wildman–Crippen LogP) is 2.14. The highest BCUT2D eigenvalue weighted by Gasteiger charge is 2.34. The molecule has 0 heterocycles. The standard InChI is InChI=1S/C13H23NO3S/c1-9(10(2)12(16)17)11(15)14-8-13(18-3)6-4-5-7-13/h9-10H,4-8H2,1-3H3,(H,14,15)(H,16,17). The minimum absolute atomic E-state index is 0.148. The van der Waals surface area contributed by atoms with Crippen molar-refractivity contribution in [1.82, 2.24) is 5.32 Å². The van der Waals surface area contributed by atoms with E-state index in [-0.39, 0.29) is 10.7 Å². The van der Waals surface area contributed by atoms with Gasteiger partial charge < -0.3 is 10.4 Å². The lowest BCUT2D eigenvalue weighted by Crippen LogP contribution is -2.42. The fraction of sp³-hybridized carbons (Fsp3) is 0.846. The minimum Gasteiger partial charge on any atom is -0.481 e. The van der Waals surface area contributed by atoms with Crippen molar-refractivity contribution in [2.24, 2.45) is 11.8 Å². The molecule has 0 bridgehead atoms. The van der Waals surface area contributed by atoms with Gasteiger partial charge in [-0.25, -0.2) is 0 Å². The maximum Gasteiger partial charge on any atom is 0.307 e. The van der Waals surface area contributed by atoms with Gasteiger partial charge in [0.2, 0.25) is 5.91 Å². The summed E-state index contributed by atoms with van der Waals surface area (Å²) in [6.45, 7) is 3.91. The van der Waals surface area contributed by atoms with E-state index in [0.29, 0.717) is 6.54 Å². The van der Waals surface area contributed by atoms with Crippen molar-refractivity contribution in [2.75, 3.05) is 12.8 Å². The molecule has 4 nitrogen and oxygen atoms in total. The van der Waals surface area contributed by atoms with E-state index in [9.17, 15) is 9.59 Å². The van der Waals surface area contributed by atoms with Crippen LogP contribution in [0.15, 0.2) is 0 Å². The average Bonchev–Trinajstić information content (AvgIpc) is 2.83. The van der Waals surface area contributed by atoms with Gasteiger partial charge in [0, 0.05) is 17.2 Å². The number of carbonyl (C=O) groups excluding carboxylic acids is 1. The lowest BCUT2D eigenvalue weighted by Gasteiger charge is -2.28. The molecule has 1 aliphatic rings. The third-order valence-corrected chi connectivity index (χ3v) is 5.50. The largest absolute Gasteiger partial charge is 0.481 e. The van der Waals surface area contributed by atoms with Gasteiger partial charge in [0.1, 0.15) is 0 Å². The first kappa shape index (κ1) is 15.3. The molecule has 0 saturated heterocycles. The zero-order valence-electron chi connectivity index (χ0n) is 11.4. The van der Waals surface area contributed by atoms with Crippen LogP contribution in [0.4, 0.5) is 0 Å². The van der Waals surface area contributed by atoms with Crippen LogP contribution < -0.4 is 5.32 Å². The number of thioether (sulfide) groups is 1. The van der Waals surface area contributed by atoms with Crippen LogP contribution in [0.3, 0.4) is 0 Å². The summed E-state index contributed by atoms with van der Waals surface area (Å²) in [6.07, 6.45) is 6.80. The number of nitrogens with one attached hydrogen (secondary N) is 1. The topological polar surface area (TPSA) is 66.4 Å². The SMILES string of the molecule is CSC1(CNC(=O)C(C)C(C)C(=O)O)CCCC1. The van der Waals surface area contributed by atoms with Crippen molar-refractivity contribution in [1.29, 1.82) is 0 Å². The third-order valence-electron chi connectivity index (χ3n) is 4.09. The van der Waals surface area contributed by atoms with E-state index in [2.05, 4.69) is 11.6 Å². The first-order valence-electron chi connectivity index (χ1n) is 6.47. The second kappa shape index (κ2) is 6.45. The Morgan fingerprint density at radius 3 is 2.28 bits per heavy atom. The second-order valence-electron chi connectivity index (χ2n) is 5.23. The van der Waals surface area contributed by atoms with Crippen LogP contribution in [0.2, 0.25) is 0 Å². The van der Waals surface area contributed by atoms with Crippen LogP contribution in [0, 0.1) is 11.8 Å². The Balaban J connectivity index is 2.47. The molecule has 0 aromatic rings. The number of rotatable bonds is 6. The summed E-state index contributed by atoms with van der Waals surface area (Å²) >= 11 is 1.82. The van der Waals surface area contributed by atoms with Crippen molar-refractivity contribution in [3.05, 3.63) is 0 Å². The third kappa shape index (κ3) is 3.64. The predicted molar refractivity (Wildman–Crippen MR) is 73.7 cm³/mol. The fourth-order valence-electron chi connectivity index (χ4n) is 2.32. The number of carbonyl (C=O) groups is 2. The number of hydrogen-bond acceptors (Lipinski definition) is 3. The smallest absolute Gasteiger partial charge is 0.307 e. The summed E-state index contributed by atoms with van der Waals surface area (Å²) < 4.78 is 0.168. The number of hydrogen-bond donors (Lipinski definition) is 2. The van der Waals surface area contributed by atoms with Crippen LogP contribution in [0.5, 0.6) is 0 Å². The van der Waals surface area contributed by atoms with Crippen molar-refractivity contribution in [2.45, 2.75) is 44.3 Å². The molecular weight excluding hydrogens is 250 g/mol. The van der Waals surface area contributed by atoms with Gasteiger partial charge in [0.25, 0.3) is 0 Å². The second-order valence-corrected chi connectivity index (χ2v) is 6.50. The lowest BCUT2D eigenvalue weighted by molar-refractivity contribution is -0.146. The highest BCUT2D eigenvalue weighted by Crippen LogP contribution is 2.39. The normalized spacial score (nSPS) is 21.3. The van der Waals surface area contributed by atoms with E-state index in [4.69, 9.17) is 5.11 Å². The van der Waals surface area contributed by atoms with Gasteiger partial charge in [-0.05, 0) is 19.1 Å². The Kier molecular flexibility index (Phi) is 5.50. The first-order valence-corrected chi connectivity index (χ1v) is 7.70. The molecule has 0 aliphatic heterocycles. The molecule has 5 heteroatoms. The Morgan fingerprint density at radius 1 is 1.28 bits per heavy atom. The molecule has 1 amide bonds. The maximum atomic E-state index is 11.9. The molecule has 1 fully saturated rings. The van der Waals surface area contributed by atoms with Crippen molar-refractivity contribution >= 4 is 23.6 Å². The molecule has 2 atom stereocenters. The number of carboxylic acid groups (broad SMARTS) is 1. The van der Waals surface area contributed by atoms with Crippen LogP contribution in [0.25, 0.3) is 0 Å². The summed E-state index contributed by atoms with van der Waals surface area (Å²) in [5.74, 6) is -2.19. The molecule has 0 aromatic carbocycles. The zero-order valence-corrected chi connectivity index (χ0v) is 12.2. The molecular formula is C13H23NO3S. The molecule has 1 aliphatic carbocycles. The van der Waals surface area contributed by atoms with E-state index in [1.165, 1.54) is 12.8 Å². The van der Waals surface area contributed by atoms with Gasteiger partial charge in [0.05, 0.1) is 5.92 Å². The maximum absolute atomic E-state index is 11.9. The molecule has 1 saturated carbocycles. The zero-order chi connectivity index (χ0) is 13.8. The highest BCUT2D eigenvalue weighted by atomic mass is 32.2. The van der Waals surface area contributed by atoms with Gasteiger partial charge in [0.15, 0.2) is 0 Å². The van der Waals surface area contributed by atoms with Crippen LogP contribution >= 0.6 is 11.8 Å². The molecule has 104 valence electrons. The van der Waals surface area contributed by atoms with Crippen molar-refractivity contribution < 1.29 is 14.7 Å². The van der Waals surface area contributed by atoms with E-state index < -0.39 is 17.8 Å². The van der Waals surface area contributed by atoms with Crippen molar-refractivity contribution in [3.8, 4) is 0 Å². The average molecular weight is 273 g/mol. The Labute approximate surface area is 113 Å².